The van der Waals surface area contributed by atoms with Gasteiger partial charge in [-0.15, -0.1) is 0 Å². The molecule has 3 aromatic rings. The van der Waals surface area contributed by atoms with Crippen molar-refractivity contribution in [3.63, 3.8) is 0 Å². The maximum atomic E-state index is 13.6. The number of halogens is 4. The molecule has 1 atom stereocenters. The Morgan fingerprint density at radius 3 is 2.52 bits per heavy atom. The molecule has 1 aliphatic rings. The number of carboxylic acids is 1. The zero-order valence-electron chi connectivity index (χ0n) is 17.6. The Kier molecular flexibility index (Phi) is 6.84. The Balaban J connectivity index is 0.000000383. The first-order valence-electron chi connectivity index (χ1n) is 9.93. The number of alkyl halides is 3. The molecule has 0 saturated carbocycles. The Morgan fingerprint density at radius 2 is 1.88 bits per heavy atom. The fraction of sp³-hybridized carbons (Fsp3) is 0.318. The zero-order chi connectivity index (χ0) is 24.4. The van der Waals surface area contributed by atoms with Crippen molar-refractivity contribution in [2.75, 3.05) is 13.1 Å². The van der Waals surface area contributed by atoms with E-state index in [0.29, 0.717) is 29.8 Å². The summed E-state index contributed by atoms with van der Waals surface area (Å²) in [6.07, 6.45) is -4.35. The van der Waals surface area contributed by atoms with E-state index >= 15 is 0 Å². The summed E-state index contributed by atoms with van der Waals surface area (Å²) in [6, 6.07) is 13.9. The summed E-state index contributed by atoms with van der Waals surface area (Å²) in [6.45, 7) is 1.90. The highest BCUT2D eigenvalue weighted by Crippen LogP contribution is 2.30. The summed E-state index contributed by atoms with van der Waals surface area (Å²) in [4.78, 5) is 28.3. The monoisotopic (exact) mass is 466 g/mol. The maximum absolute atomic E-state index is 13.6. The fourth-order valence-corrected chi connectivity index (χ4v) is 3.69. The minimum Gasteiger partial charge on any atom is -0.475 e. The summed E-state index contributed by atoms with van der Waals surface area (Å²) in [5.74, 6) is -2.32. The predicted molar refractivity (Wildman–Crippen MR) is 113 cm³/mol. The topological polar surface area (TPSA) is 101 Å². The molecule has 33 heavy (non-hydrogen) atoms. The molecule has 11 heteroatoms. The molecule has 0 aliphatic carbocycles. The molecule has 0 radical (unpaired) electrons. The molecule has 0 bridgehead atoms. The molecular formula is C22H22F4N4O3. The summed E-state index contributed by atoms with van der Waals surface area (Å²) < 4.78 is 46.9. The highest BCUT2D eigenvalue weighted by molar-refractivity contribution is 5.77. The van der Waals surface area contributed by atoms with Crippen LogP contribution in [0.2, 0.25) is 0 Å². The van der Waals surface area contributed by atoms with Crippen LogP contribution in [0, 0.1) is 5.82 Å². The van der Waals surface area contributed by atoms with Gasteiger partial charge < -0.3 is 10.8 Å². The number of aromatic nitrogens is 2. The second-order valence-corrected chi connectivity index (χ2v) is 7.84. The SMILES string of the molecule is Cn1c(CN2CCC(N)(c3cccc(F)c3)C2)nc2ccccc2c1=O.O=C(O)C(F)(F)F. The lowest BCUT2D eigenvalue weighted by Crippen LogP contribution is -2.40. The van der Waals surface area contributed by atoms with Crippen LogP contribution >= 0.6 is 0 Å². The van der Waals surface area contributed by atoms with E-state index in [1.54, 1.807) is 23.7 Å². The number of hydrogen-bond acceptors (Lipinski definition) is 5. The number of rotatable bonds is 3. The standard InChI is InChI=1S/C20H21FN4O.C2HF3O2/c1-24-18(23-17-8-3-2-7-16(17)19(24)26)12-25-10-9-20(22,13-25)14-5-4-6-15(21)11-14;3-2(4,5)1(6)7/h2-8,11H,9-10,12-13,22H2,1H3;(H,6,7). The van der Waals surface area contributed by atoms with Crippen LogP contribution in [-0.4, -0.2) is 44.8 Å². The molecule has 0 amide bonds. The first kappa shape index (κ1) is 24.3. The van der Waals surface area contributed by atoms with E-state index in [1.807, 2.05) is 24.3 Å². The lowest BCUT2D eigenvalue weighted by molar-refractivity contribution is -0.192. The van der Waals surface area contributed by atoms with Gasteiger partial charge in [0.1, 0.15) is 11.6 Å². The van der Waals surface area contributed by atoms with Gasteiger partial charge in [0.2, 0.25) is 0 Å². The number of carbonyl (C=O) groups is 1. The van der Waals surface area contributed by atoms with Gasteiger partial charge in [-0.2, -0.15) is 13.2 Å². The Hall–Kier alpha value is -3.31. The van der Waals surface area contributed by atoms with Crippen LogP contribution in [-0.2, 0) is 23.9 Å². The van der Waals surface area contributed by atoms with Crippen LogP contribution in [0.25, 0.3) is 10.9 Å². The highest BCUT2D eigenvalue weighted by atomic mass is 19.4. The lowest BCUT2D eigenvalue weighted by atomic mass is 9.90. The van der Waals surface area contributed by atoms with Crippen molar-refractivity contribution in [3.05, 3.63) is 76.1 Å². The highest BCUT2D eigenvalue weighted by Gasteiger charge is 2.38. The fourth-order valence-electron chi connectivity index (χ4n) is 3.69. The molecule has 1 aliphatic heterocycles. The molecule has 4 rings (SSSR count). The van der Waals surface area contributed by atoms with Crippen LogP contribution in [0.1, 0.15) is 17.8 Å². The zero-order valence-corrected chi connectivity index (χ0v) is 17.6. The van der Waals surface area contributed by atoms with Crippen LogP contribution in [0.3, 0.4) is 0 Å². The predicted octanol–water partition coefficient (Wildman–Crippen LogP) is 2.77. The quantitative estimate of drug-likeness (QED) is 0.576. The number of nitrogens with zero attached hydrogens (tertiary/aromatic N) is 3. The number of likely N-dealkylation sites (tertiary alicyclic amines) is 1. The maximum Gasteiger partial charge on any atom is 0.490 e. The normalized spacial score (nSPS) is 18.7. The molecular weight excluding hydrogens is 444 g/mol. The first-order valence-corrected chi connectivity index (χ1v) is 9.93. The van der Waals surface area contributed by atoms with E-state index < -0.39 is 17.7 Å². The summed E-state index contributed by atoms with van der Waals surface area (Å²) >= 11 is 0. The van der Waals surface area contributed by atoms with Crippen LogP contribution in [0.5, 0.6) is 0 Å². The van der Waals surface area contributed by atoms with Gasteiger partial charge in [-0.05, 0) is 36.2 Å². The van der Waals surface area contributed by atoms with Crippen molar-refractivity contribution < 1.29 is 27.5 Å². The molecule has 2 heterocycles. The van der Waals surface area contributed by atoms with Gasteiger partial charge in [-0.25, -0.2) is 14.2 Å². The molecule has 2 aromatic carbocycles. The number of aliphatic carboxylic acids is 1. The summed E-state index contributed by atoms with van der Waals surface area (Å²) in [7, 11) is 1.75. The third-order valence-corrected chi connectivity index (χ3v) is 5.46. The molecule has 7 nitrogen and oxygen atoms in total. The minimum absolute atomic E-state index is 0.0473. The smallest absolute Gasteiger partial charge is 0.475 e. The molecule has 176 valence electrons. The van der Waals surface area contributed by atoms with Crippen LogP contribution < -0.4 is 11.3 Å². The molecule has 1 saturated heterocycles. The van der Waals surface area contributed by atoms with Crippen LogP contribution in [0.4, 0.5) is 17.6 Å². The van der Waals surface area contributed by atoms with E-state index in [-0.39, 0.29) is 11.4 Å². The summed E-state index contributed by atoms with van der Waals surface area (Å²) in [5, 5.41) is 7.74. The molecule has 1 unspecified atom stereocenters. The van der Waals surface area contributed by atoms with Crippen molar-refractivity contribution in [2.24, 2.45) is 12.8 Å². The minimum atomic E-state index is -5.08. The van der Waals surface area contributed by atoms with Gasteiger partial charge in [-0.3, -0.25) is 14.3 Å². The third-order valence-electron chi connectivity index (χ3n) is 5.46. The Labute approximate surface area is 186 Å². The van der Waals surface area contributed by atoms with Gasteiger partial charge in [0, 0.05) is 20.1 Å². The summed E-state index contributed by atoms with van der Waals surface area (Å²) in [5.41, 5.74) is 7.43. The molecule has 1 aromatic heterocycles. The van der Waals surface area contributed by atoms with E-state index in [2.05, 4.69) is 9.88 Å². The average Bonchev–Trinajstić information content (AvgIpc) is 3.13. The van der Waals surface area contributed by atoms with Crippen molar-refractivity contribution in [1.29, 1.82) is 0 Å². The number of para-hydroxylation sites is 1. The average molecular weight is 466 g/mol. The molecule has 0 spiro atoms. The van der Waals surface area contributed by atoms with Crippen molar-refractivity contribution in [1.82, 2.24) is 14.5 Å². The van der Waals surface area contributed by atoms with Crippen molar-refractivity contribution >= 4 is 16.9 Å². The van der Waals surface area contributed by atoms with Crippen molar-refractivity contribution in [2.45, 2.75) is 24.7 Å². The number of hydrogen-bond donors (Lipinski definition) is 2. The van der Waals surface area contributed by atoms with Gasteiger partial charge in [0.05, 0.1) is 23.0 Å². The first-order chi connectivity index (χ1) is 15.4. The Morgan fingerprint density at radius 1 is 1.21 bits per heavy atom. The lowest BCUT2D eigenvalue weighted by Gasteiger charge is -2.25. The van der Waals surface area contributed by atoms with Gasteiger partial charge in [0.25, 0.3) is 5.56 Å². The molecule has 1 fully saturated rings. The number of benzene rings is 2. The second kappa shape index (κ2) is 9.28. The Bertz CT molecular complexity index is 1230. The van der Waals surface area contributed by atoms with E-state index in [9.17, 15) is 22.4 Å². The molecule has 3 N–H and O–H groups in total. The number of nitrogens with two attached hydrogens (primary N) is 1. The van der Waals surface area contributed by atoms with Gasteiger partial charge in [0.15, 0.2) is 0 Å². The van der Waals surface area contributed by atoms with Gasteiger partial charge in [-0.1, -0.05) is 24.3 Å². The third kappa shape index (κ3) is 5.55. The largest absolute Gasteiger partial charge is 0.490 e. The van der Waals surface area contributed by atoms with Crippen LogP contribution in [0.15, 0.2) is 53.3 Å². The van der Waals surface area contributed by atoms with Gasteiger partial charge >= 0.3 is 12.1 Å². The van der Waals surface area contributed by atoms with E-state index in [1.165, 1.54) is 12.1 Å². The number of fused-ring (bicyclic) bond motifs is 1. The van der Waals surface area contributed by atoms with Crippen molar-refractivity contribution in [3.8, 4) is 0 Å². The number of carboxylic acid groups (broad SMARTS) is 1. The van der Waals surface area contributed by atoms with E-state index in [4.69, 9.17) is 15.6 Å². The van der Waals surface area contributed by atoms with E-state index in [0.717, 1.165) is 18.5 Å². The second-order valence-electron chi connectivity index (χ2n) is 7.84.